The van der Waals surface area contributed by atoms with Crippen LogP contribution < -0.4 is 23.7 Å². The van der Waals surface area contributed by atoms with Crippen molar-refractivity contribution in [3.05, 3.63) is 36.5 Å². The van der Waals surface area contributed by atoms with Gasteiger partial charge in [0.25, 0.3) is 0 Å². The molecule has 0 aliphatic rings. The molecule has 0 bridgehead atoms. The van der Waals surface area contributed by atoms with E-state index in [1.54, 1.807) is 41.7 Å². The molecule has 1 heterocycles. The molecular formula is C20H21NO6. The maximum absolute atomic E-state index is 5.53. The van der Waals surface area contributed by atoms with Crippen LogP contribution in [0.15, 0.2) is 41.1 Å². The van der Waals surface area contributed by atoms with Gasteiger partial charge in [0.05, 0.1) is 41.7 Å². The Morgan fingerprint density at radius 2 is 1.26 bits per heavy atom. The molecule has 0 radical (unpaired) electrons. The minimum atomic E-state index is 0.510. The monoisotopic (exact) mass is 371 g/mol. The van der Waals surface area contributed by atoms with Gasteiger partial charge < -0.3 is 28.2 Å². The quantitative estimate of drug-likeness (QED) is 0.620. The molecule has 0 aliphatic heterocycles. The zero-order valence-electron chi connectivity index (χ0n) is 15.9. The van der Waals surface area contributed by atoms with Gasteiger partial charge >= 0.3 is 0 Å². The molecule has 0 N–H and O–H groups in total. The lowest BCUT2D eigenvalue weighted by atomic mass is 10.0. The number of hydrogen-bond donors (Lipinski definition) is 0. The third-order valence-electron chi connectivity index (χ3n) is 4.19. The zero-order valence-corrected chi connectivity index (χ0v) is 15.9. The Balaban J connectivity index is 2.13. The third kappa shape index (κ3) is 3.36. The van der Waals surface area contributed by atoms with Crippen molar-refractivity contribution in [2.75, 3.05) is 35.5 Å². The van der Waals surface area contributed by atoms with Gasteiger partial charge in [-0.3, -0.25) is 0 Å². The van der Waals surface area contributed by atoms with Crippen LogP contribution in [0.3, 0.4) is 0 Å². The van der Waals surface area contributed by atoms with Crippen molar-refractivity contribution in [2.45, 2.75) is 0 Å². The van der Waals surface area contributed by atoms with Gasteiger partial charge in [0.1, 0.15) is 0 Å². The van der Waals surface area contributed by atoms with Crippen molar-refractivity contribution < 1.29 is 28.2 Å². The second-order valence-corrected chi connectivity index (χ2v) is 5.55. The Morgan fingerprint density at radius 3 is 1.81 bits per heavy atom. The Hall–Kier alpha value is -3.35. The van der Waals surface area contributed by atoms with Crippen molar-refractivity contribution in [1.82, 2.24) is 5.16 Å². The summed E-state index contributed by atoms with van der Waals surface area (Å²) in [6.45, 7) is 0. The average molecular weight is 371 g/mol. The summed E-state index contributed by atoms with van der Waals surface area (Å²) in [5.41, 5.74) is 2.41. The van der Waals surface area contributed by atoms with Crippen LogP contribution in [0.5, 0.6) is 28.7 Å². The first-order chi connectivity index (χ1) is 13.2. The van der Waals surface area contributed by atoms with Gasteiger partial charge in [-0.15, -0.1) is 0 Å². The van der Waals surface area contributed by atoms with Gasteiger partial charge in [-0.1, -0.05) is 11.2 Å². The summed E-state index contributed by atoms with van der Waals surface area (Å²) >= 11 is 0. The SMILES string of the molecule is COc1ccc(-c2cnoc2-c2cc(OC)c(OC)c(OC)c2)cc1OC. The molecule has 0 saturated heterocycles. The van der Waals surface area contributed by atoms with Crippen LogP contribution in [0.1, 0.15) is 0 Å². The summed E-state index contributed by atoms with van der Waals surface area (Å²) in [5.74, 6) is 3.40. The molecule has 0 atom stereocenters. The van der Waals surface area contributed by atoms with E-state index >= 15 is 0 Å². The molecule has 1 aromatic heterocycles. The molecule has 142 valence electrons. The van der Waals surface area contributed by atoms with Gasteiger partial charge in [0.2, 0.25) is 5.75 Å². The highest BCUT2D eigenvalue weighted by atomic mass is 16.5. The summed E-state index contributed by atoms with van der Waals surface area (Å²) in [6.07, 6.45) is 1.65. The number of methoxy groups -OCH3 is 5. The van der Waals surface area contributed by atoms with Crippen LogP contribution in [0.2, 0.25) is 0 Å². The zero-order chi connectivity index (χ0) is 19.4. The van der Waals surface area contributed by atoms with Crippen LogP contribution in [-0.4, -0.2) is 40.7 Å². The maximum atomic E-state index is 5.53. The van der Waals surface area contributed by atoms with Crippen molar-refractivity contribution in [3.8, 4) is 51.2 Å². The van der Waals surface area contributed by atoms with Gasteiger partial charge in [0.15, 0.2) is 28.8 Å². The third-order valence-corrected chi connectivity index (χ3v) is 4.19. The molecular weight excluding hydrogens is 350 g/mol. The Kier molecular flexibility index (Phi) is 5.40. The molecule has 2 aromatic carbocycles. The van der Waals surface area contributed by atoms with Gasteiger partial charge in [-0.25, -0.2) is 0 Å². The second-order valence-electron chi connectivity index (χ2n) is 5.55. The van der Waals surface area contributed by atoms with Crippen LogP contribution in [0.4, 0.5) is 0 Å². The van der Waals surface area contributed by atoms with Crippen LogP contribution in [0, 0.1) is 0 Å². The fourth-order valence-corrected chi connectivity index (χ4v) is 2.87. The van der Waals surface area contributed by atoms with E-state index in [2.05, 4.69) is 5.16 Å². The normalized spacial score (nSPS) is 10.4. The van der Waals surface area contributed by atoms with Gasteiger partial charge in [-0.05, 0) is 29.8 Å². The lowest BCUT2D eigenvalue weighted by Crippen LogP contribution is -1.96. The van der Waals surface area contributed by atoms with Crippen molar-refractivity contribution >= 4 is 0 Å². The standard InChI is InChI=1S/C20H21NO6/c1-22-15-7-6-12(8-16(15)23-2)14-11-21-27-19(14)13-9-17(24-3)20(26-5)18(10-13)25-4/h6-11H,1-5H3. The fourth-order valence-electron chi connectivity index (χ4n) is 2.87. The number of ether oxygens (including phenoxy) is 5. The second kappa shape index (κ2) is 7.90. The minimum absolute atomic E-state index is 0.510. The van der Waals surface area contributed by atoms with E-state index in [9.17, 15) is 0 Å². The fraction of sp³-hybridized carbons (Fsp3) is 0.250. The largest absolute Gasteiger partial charge is 0.493 e. The Bertz CT molecular complexity index is 909. The molecule has 3 aromatic rings. The highest BCUT2D eigenvalue weighted by Gasteiger charge is 2.20. The Labute approximate surface area is 157 Å². The van der Waals surface area contributed by atoms with E-state index in [1.165, 1.54) is 0 Å². The van der Waals surface area contributed by atoms with E-state index in [0.29, 0.717) is 34.5 Å². The van der Waals surface area contributed by atoms with Crippen LogP contribution in [-0.2, 0) is 0 Å². The minimum Gasteiger partial charge on any atom is -0.493 e. The first-order valence-electron chi connectivity index (χ1n) is 8.14. The summed E-state index contributed by atoms with van der Waals surface area (Å²) in [6, 6.07) is 9.24. The first kappa shape index (κ1) is 18.4. The number of rotatable bonds is 7. The van der Waals surface area contributed by atoms with E-state index in [4.69, 9.17) is 28.2 Å². The summed E-state index contributed by atoms with van der Waals surface area (Å²) in [4.78, 5) is 0. The molecule has 0 saturated carbocycles. The summed E-state index contributed by atoms with van der Waals surface area (Å²) in [5, 5.41) is 3.97. The predicted molar refractivity (Wildman–Crippen MR) is 100 cm³/mol. The molecule has 0 aliphatic carbocycles. The molecule has 7 heteroatoms. The molecule has 27 heavy (non-hydrogen) atoms. The molecule has 0 fully saturated rings. The van der Waals surface area contributed by atoms with Gasteiger partial charge in [0, 0.05) is 11.1 Å². The van der Waals surface area contributed by atoms with Crippen LogP contribution in [0.25, 0.3) is 22.5 Å². The predicted octanol–water partition coefficient (Wildman–Crippen LogP) is 4.05. The number of nitrogens with zero attached hydrogens (tertiary/aromatic N) is 1. The highest BCUT2D eigenvalue weighted by molar-refractivity contribution is 5.82. The maximum Gasteiger partial charge on any atom is 0.203 e. The number of hydrogen-bond acceptors (Lipinski definition) is 7. The van der Waals surface area contributed by atoms with E-state index in [-0.39, 0.29) is 0 Å². The van der Waals surface area contributed by atoms with E-state index in [1.807, 2.05) is 30.3 Å². The van der Waals surface area contributed by atoms with Crippen molar-refractivity contribution in [3.63, 3.8) is 0 Å². The molecule has 3 rings (SSSR count). The van der Waals surface area contributed by atoms with E-state index < -0.39 is 0 Å². The number of benzene rings is 2. The van der Waals surface area contributed by atoms with Crippen LogP contribution >= 0.6 is 0 Å². The van der Waals surface area contributed by atoms with Gasteiger partial charge in [-0.2, -0.15) is 0 Å². The molecule has 7 nitrogen and oxygen atoms in total. The Morgan fingerprint density at radius 1 is 0.667 bits per heavy atom. The lowest BCUT2D eigenvalue weighted by Gasteiger charge is -2.14. The molecule has 0 amide bonds. The summed E-state index contributed by atoms with van der Waals surface area (Å²) in [7, 11) is 7.88. The first-order valence-corrected chi connectivity index (χ1v) is 8.14. The summed E-state index contributed by atoms with van der Waals surface area (Å²) < 4.78 is 32.5. The van der Waals surface area contributed by atoms with Crippen molar-refractivity contribution in [2.24, 2.45) is 0 Å². The lowest BCUT2D eigenvalue weighted by molar-refractivity contribution is 0.324. The van der Waals surface area contributed by atoms with E-state index in [0.717, 1.165) is 16.7 Å². The topological polar surface area (TPSA) is 72.2 Å². The average Bonchev–Trinajstić information content (AvgIpc) is 3.21. The number of aromatic nitrogens is 1. The van der Waals surface area contributed by atoms with Crippen molar-refractivity contribution in [1.29, 1.82) is 0 Å². The molecule has 0 unspecified atom stereocenters. The molecule has 0 spiro atoms. The highest BCUT2D eigenvalue weighted by Crippen LogP contribution is 2.44. The smallest absolute Gasteiger partial charge is 0.203 e.